The molecule has 0 aliphatic carbocycles. The molecule has 1 unspecified atom stereocenters. The highest BCUT2D eigenvalue weighted by Gasteiger charge is 2.21. The molecule has 0 spiro atoms. The largest absolute Gasteiger partial charge is 0.489 e. The zero-order chi connectivity index (χ0) is 18.2. The van der Waals surface area contributed by atoms with Gasteiger partial charge in [0.1, 0.15) is 18.4 Å². The smallest absolute Gasteiger partial charge is 0.326 e. The minimum absolute atomic E-state index is 0.172. The quantitative estimate of drug-likeness (QED) is 0.770. The molecular weight excluding hydrogens is 320 g/mol. The molecule has 0 saturated carbocycles. The van der Waals surface area contributed by atoms with E-state index < -0.39 is 17.9 Å². The predicted octanol–water partition coefficient (Wildman–Crippen LogP) is 2.89. The van der Waals surface area contributed by atoms with Crippen LogP contribution in [-0.4, -0.2) is 28.0 Å². The number of rotatable bonds is 8. The molecule has 1 aromatic heterocycles. The van der Waals surface area contributed by atoms with Gasteiger partial charge < -0.3 is 15.2 Å². The van der Waals surface area contributed by atoms with E-state index in [0.29, 0.717) is 24.3 Å². The third-order valence-corrected chi connectivity index (χ3v) is 3.58. The van der Waals surface area contributed by atoms with Crippen molar-refractivity contribution in [3.63, 3.8) is 0 Å². The summed E-state index contributed by atoms with van der Waals surface area (Å²) in [5.74, 6) is -0.635. The molecule has 1 heterocycles. The normalized spacial score (nSPS) is 11.8. The first-order valence-electron chi connectivity index (χ1n) is 8.11. The Morgan fingerprint density at radius 1 is 1.12 bits per heavy atom. The van der Waals surface area contributed by atoms with Crippen LogP contribution in [0.15, 0.2) is 48.8 Å². The SMILES string of the molecule is CC(C)CC(NC(=O)c1ccc(OCc2ccncc2)cc1)C(=O)O. The van der Waals surface area contributed by atoms with Gasteiger partial charge in [-0.1, -0.05) is 13.8 Å². The summed E-state index contributed by atoms with van der Waals surface area (Å²) in [5, 5.41) is 11.8. The maximum absolute atomic E-state index is 12.2. The standard InChI is InChI=1S/C19H22N2O4/c1-13(2)11-17(19(23)24)21-18(22)15-3-5-16(6-4-15)25-12-14-7-9-20-10-8-14/h3-10,13,17H,11-12H2,1-2H3,(H,21,22)(H,23,24). The first-order valence-corrected chi connectivity index (χ1v) is 8.11. The molecule has 0 bridgehead atoms. The van der Waals surface area contributed by atoms with Crippen LogP contribution in [0, 0.1) is 5.92 Å². The molecule has 0 fully saturated rings. The van der Waals surface area contributed by atoms with Crippen LogP contribution in [0.5, 0.6) is 5.75 Å². The number of aromatic nitrogens is 1. The number of nitrogens with one attached hydrogen (secondary N) is 1. The summed E-state index contributed by atoms with van der Waals surface area (Å²) in [6.07, 6.45) is 3.78. The number of carboxylic acid groups (broad SMARTS) is 1. The zero-order valence-electron chi connectivity index (χ0n) is 14.3. The van der Waals surface area contributed by atoms with Crippen molar-refractivity contribution >= 4 is 11.9 Å². The maximum atomic E-state index is 12.2. The highest BCUT2D eigenvalue weighted by molar-refractivity contribution is 5.96. The van der Waals surface area contributed by atoms with E-state index in [0.717, 1.165) is 5.56 Å². The highest BCUT2D eigenvalue weighted by atomic mass is 16.5. The van der Waals surface area contributed by atoms with E-state index in [1.807, 2.05) is 26.0 Å². The van der Waals surface area contributed by atoms with E-state index in [9.17, 15) is 14.7 Å². The summed E-state index contributed by atoms with van der Waals surface area (Å²) in [5.41, 5.74) is 1.39. The van der Waals surface area contributed by atoms with Crippen molar-refractivity contribution in [1.29, 1.82) is 0 Å². The third kappa shape index (κ3) is 5.91. The number of nitrogens with zero attached hydrogens (tertiary/aromatic N) is 1. The summed E-state index contributed by atoms with van der Waals surface area (Å²) in [6, 6.07) is 9.44. The Kier molecular flexibility index (Phi) is 6.51. The minimum Gasteiger partial charge on any atom is -0.489 e. The van der Waals surface area contributed by atoms with E-state index in [4.69, 9.17) is 4.74 Å². The molecule has 6 nitrogen and oxygen atoms in total. The molecule has 0 radical (unpaired) electrons. The Hall–Kier alpha value is -2.89. The maximum Gasteiger partial charge on any atom is 0.326 e. The fourth-order valence-corrected chi connectivity index (χ4v) is 2.28. The Morgan fingerprint density at radius 3 is 2.32 bits per heavy atom. The number of carbonyl (C=O) groups is 2. The molecule has 0 aliphatic rings. The number of pyridine rings is 1. The van der Waals surface area contributed by atoms with Crippen LogP contribution in [0.3, 0.4) is 0 Å². The Labute approximate surface area is 146 Å². The van der Waals surface area contributed by atoms with E-state index in [-0.39, 0.29) is 5.92 Å². The second-order valence-electron chi connectivity index (χ2n) is 6.16. The molecule has 2 rings (SSSR count). The molecule has 1 amide bonds. The van der Waals surface area contributed by atoms with Crippen LogP contribution in [0.25, 0.3) is 0 Å². The van der Waals surface area contributed by atoms with Crippen molar-refractivity contribution in [3.8, 4) is 5.75 Å². The molecule has 2 aromatic rings. The van der Waals surface area contributed by atoms with E-state index in [1.165, 1.54) is 0 Å². The van der Waals surface area contributed by atoms with Crippen molar-refractivity contribution in [3.05, 3.63) is 59.9 Å². The molecule has 2 N–H and O–H groups in total. The molecule has 1 aromatic carbocycles. The molecular formula is C19H22N2O4. The van der Waals surface area contributed by atoms with Crippen LogP contribution in [0.4, 0.5) is 0 Å². The highest BCUT2D eigenvalue weighted by Crippen LogP contribution is 2.15. The number of aliphatic carboxylic acids is 1. The van der Waals surface area contributed by atoms with Crippen molar-refractivity contribution in [2.24, 2.45) is 5.92 Å². The fraction of sp³-hybridized carbons (Fsp3) is 0.316. The summed E-state index contributed by atoms with van der Waals surface area (Å²) in [6.45, 7) is 4.23. The lowest BCUT2D eigenvalue weighted by atomic mass is 10.0. The average Bonchev–Trinajstić information content (AvgIpc) is 2.60. The number of carbonyl (C=O) groups excluding carboxylic acids is 1. The van der Waals surface area contributed by atoms with Gasteiger partial charge >= 0.3 is 5.97 Å². The second-order valence-corrected chi connectivity index (χ2v) is 6.16. The monoisotopic (exact) mass is 342 g/mol. The molecule has 0 aliphatic heterocycles. The summed E-state index contributed by atoms with van der Waals surface area (Å²) in [4.78, 5) is 27.4. The van der Waals surface area contributed by atoms with E-state index in [1.54, 1.807) is 36.7 Å². The topological polar surface area (TPSA) is 88.5 Å². The minimum atomic E-state index is -1.03. The van der Waals surface area contributed by atoms with Gasteiger partial charge in [0, 0.05) is 18.0 Å². The van der Waals surface area contributed by atoms with Crippen LogP contribution in [-0.2, 0) is 11.4 Å². The molecule has 132 valence electrons. The first kappa shape index (κ1) is 18.4. The van der Waals surface area contributed by atoms with Gasteiger partial charge in [0.05, 0.1) is 0 Å². The Bertz CT molecular complexity index is 699. The summed E-state index contributed by atoms with van der Waals surface area (Å²) < 4.78 is 5.65. The first-order chi connectivity index (χ1) is 12.0. The predicted molar refractivity (Wildman–Crippen MR) is 93.4 cm³/mol. The van der Waals surface area contributed by atoms with Crippen molar-refractivity contribution in [2.45, 2.75) is 32.9 Å². The van der Waals surface area contributed by atoms with Gasteiger partial charge in [-0.25, -0.2) is 4.79 Å². The Balaban J connectivity index is 1.94. The van der Waals surface area contributed by atoms with Crippen LogP contribution >= 0.6 is 0 Å². The number of hydrogen-bond donors (Lipinski definition) is 2. The molecule has 1 atom stereocenters. The van der Waals surface area contributed by atoms with E-state index in [2.05, 4.69) is 10.3 Å². The lowest BCUT2D eigenvalue weighted by Gasteiger charge is -2.16. The zero-order valence-corrected chi connectivity index (χ0v) is 14.3. The third-order valence-electron chi connectivity index (χ3n) is 3.58. The van der Waals surface area contributed by atoms with E-state index >= 15 is 0 Å². The van der Waals surface area contributed by atoms with Crippen molar-refractivity contribution in [1.82, 2.24) is 10.3 Å². The summed E-state index contributed by atoms with van der Waals surface area (Å²) in [7, 11) is 0. The lowest BCUT2D eigenvalue weighted by molar-refractivity contribution is -0.139. The number of benzene rings is 1. The molecule has 6 heteroatoms. The van der Waals surface area contributed by atoms with Gasteiger partial charge in [-0.3, -0.25) is 9.78 Å². The number of amides is 1. The number of hydrogen-bond acceptors (Lipinski definition) is 4. The van der Waals surface area contributed by atoms with Gasteiger partial charge in [-0.15, -0.1) is 0 Å². The number of carboxylic acids is 1. The van der Waals surface area contributed by atoms with Gasteiger partial charge in [0.15, 0.2) is 0 Å². The average molecular weight is 342 g/mol. The molecule has 25 heavy (non-hydrogen) atoms. The lowest BCUT2D eigenvalue weighted by Crippen LogP contribution is -2.41. The number of ether oxygens (including phenoxy) is 1. The van der Waals surface area contributed by atoms with Crippen LogP contribution in [0.1, 0.15) is 36.2 Å². The van der Waals surface area contributed by atoms with Gasteiger partial charge in [-0.05, 0) is 54.3 Å². The molecule has 0 saturated heterocycles. The second kappa shape index (κ2) is 8.82. The fourth-order valence-electron chi connectivity index (χ4n) is 2.28. The van der Waals surface area contributed by atoms with Crippen LogP contribution < -0.4 is 10.1 Å². The van der Waals surface area contributed by atoms with Crippen molar-refractivity contribution in [2.75, 3.05) is 0 Å². The van der Waals surface area contributed by atoms with Gasteiger partial charge in [0.25, 0.3) is 5.91 Å². The Morgan fingerprint density at radius 2 is 1.76 bits per heavy atom. The van der Waals surface area contributed by atoms with Crippen molar-refractivity contribution < 1.29 is 19.4 Å². The van der Waals surface area contributed by atoms with Gasteiger partial charge in [0.2, 0.25) is 0 Å². The van der Waals surface area contributed by atoms with Crippen LogP contribution in [0.2, 0.25) is 0 Å². The summed E-state index contributed by atoms with van der Waals surface area (Å²) >= 11 is 0. The van der Waals surface area contributed by atoms with Gasteiger partial charge in [-0.2, -0.15) is 0 Å².